The number of alkyl halides is 3. The van der Waals surface area contributed by atoms with Crippen molar-refractivity contribution in [3.63, 3.8) is 0 Å². The van der Waals surface area contributed by atoms with Gasteiger partial charge in [0, 0.05) is 13.1 Å². The van der Waals surface area contributed by atoms with Gasteiger partial charge in [0.25, 0.3) is 0 Å². The van der Waals surface area contributed by atoms with Gasteiger partial charge in [-0.05, 0) is 31.5 Å². The lowest BCUT2D eigenvalue weighted by Gasteiger charge is -2.26. The first-order valence-electron chi connectivity index (χ1n) is 8.39. The minimum Gasteiger partial charge on any atom is -0.379 e. The van der Waals surface area contributed by atoms with E-state index in [0.717, 1.165) is 12.1 Å². The van der Waals surface area contributed by atoms with Crippen LogP contribution in [-0.4, -0.2) is 48.8 Å². The number of morpholine rings is 1. The Kier molecular flexibility index (Phi) is 5.33. The smallest absolute Gasteiger partial charge is 0.379 e. The van der Waals surface area contributed by atoms with Crippen molar-refractivity contribution in [1.29, 1.82) is 0 Å². The maximum Gasteiger partial charge on any atom is 0.416 e. The van der Waals surface area contributed by atoms with Crippen LogP contribution in [0.3, 0.4) is 0 Å². The lowest BCUT2D eigenvalue weighted by atomic mass is 10.1. The van der Waals surface area contributed by atoms with Crippen LogP contribution in [0.15, 0.2) is 29.2 Å². The highest BCUT2D eigenvalue weighted by Gasteiger charge is 2.33. The maximum absolute atomic E-state index is 12.9. The van der Waals surface area contributed by atoms with Crippen molar-refractivity contribution in [1.82, 2.24) is 14.1 Å². The lowest BCUT2D eigenvalue weighted by Crippen LogP contribution is -2.41. The van der Waals surface area contributed by atoms with Gasteiger partial charge < -0.3 is 4.74 Å². The van der Waals surface area contributed by atoms with Crippen molar-refractivity contribution in [3.8, 4) is 0 Å². The van der Waals surface area contributed by atoms with Gasteiger partial charge in [0.1, 0.15) is 4.90 Å². The van der Waals surface area contributed by atoms with E-state index in [2.05, 4.69) is 5.10 Å². The first-order chi connectivity index (χ1) is 12.6. The van der Waals surface area contributed by atoms with Gasteiger partial charge in [0.2, 0.25) is 10.0 Å². The van der Waals surface area contributed by atoms with Gasteiger partial charge in [0.05, 0.1) is 36.7 Å². The van der Waals surface area contributed by atoms with E-state index in [1.165, 1.54) is 15.1 Å². The van der Waals surface area contributed by atoms with Crippen LogP contribution in [0, 0.1) is 13.8 Å². The minimum absolute atomic E-state index is 0.0508. The summed E-state index contributed by atoms with van der Waals surface area (Å²) in [5.41, 5.74) is 0.371. The first-order valence-corrected chi connectivity index (χ1v) is 9.83. The zero-order valence-electron chi connectivity index (χ0n) is 15.0. The molecular formula is C17H20F3N3O3S. The topological polar surface area (TPSA) is 64.4 Å². The molecule has 1 fully saturated rings. The molecule has 10 heteroatoms. The van der Waals surface area contributed by atoms with Gasteiger partial charge in [0.15, 0.2) is 0 Å². The molecule has 0 atom stereocenters. The Hall–Kier alpha value is -1.91. The van der Waals surface area contributed by atoms with Crippen molar-refractivity contribution in [2.75, 3.05) is 26.3 Å². The average Bonchev–Trinajstić information content (AvgIpc) is 2.89. The number of rotatable bonds is 4. The highest BCUT2D eigenvalue weighted by Crippen LogP contribution is 2.30. The van der Waals surface area contributed by atoms with E-state index >= 15 is 0 Å². The lowest BCUT2D eigenvalue weighted by molar-refractivity contribution is -0.137. The van der Waals surface area contributed by atoms with Gasteiger partial charge in [-0.25, -0.2) is 8.42 Å². The molecule has 0 amide bonds. The number of ether oxygens (including phenoxy) is 1. The van der Waals surface area contributed by atoms with Crippen LogP contribution in [-0.2, 0) is 27.5 Å². The van der Waals surface area contributed by atoms with Gasteiger partial charge >= 0.3 is 6.18 Å². The summed E-state index contributed by atoms with van der Waals surface area (Å²) in [4.78, 5) is 0.108. The quantitative estimate of drug-likeness (QED) is 0.787. The molecule has 1 aliphatic rings. The predicted molar refractivity (Wildman–Crippen MR) is 91.8 cm³/mol. The molecule has 1 aromatic carbocycles. The number of halogens is 3. The summed E-state index contributed by atoms with van der Waals surface area (Å²) in [5.74, 6) is 0. The number of hydrogen-bond donors (Lipinski definition) is 0. The number of nitrogens with zero attached hydrogens (tertiary/aromatic N) is 3. The molecule has 1 aliphatic heterocycles. The molecule has 0 bridgehead atoms. The molecule has 1 saturated heterocycles. The monoisotopic (exact) mass is 403 g/mol. The van der Waals surface area contributed by atoms with E-state index < -0.39 is 21.8 Å². The molecule has 3 rings (SSSR count). The Bertz CT molecular complexity index is 933. The molecule has 0 radical (unpaired) electrons. The van der Waals surface area contributed by atoms with E-state index in [1.807, 2.05) is 0 Å². The zero-order chi connectivity index (χ0) is 19.8. The third kappa shape index (κ3) is 4.02. The summed E-state index contributed by atoms with van der Waals surface area (Å²) in [6.45, 7) is 4.44. The first kappa shape index (κ1) is 19.8. The molecule has 2 heterocycles. The van der Waals surface area contributed by atoms with Crippen LogP contribution in [0.4, 0.5) is 13.2 Å². The van der Waals surface area contributed by atoms with E-state index in [-0.39, 0.29) is 24.5 Å². The van der Waals surface area contributed by atoms with Crippen LogP contribution in [0.5, 0.6) is 0 Å². The fourth-order valence-corrected chi connectivity index (χ4v) is 4.92. The Balaban J connectivity index is 1.93. The fourth-order valence-electron chi connectivity index (χ4n) is 3.14. The Morgan fingerprint density at radius 1 is 1.19 bits per heavy atom. The second-order valence-electron chi connectivity index (χ2n) is 6.37. The van der Waals surface area contributed by atoms with Crippen LogP contribution in [0.25, 0.3) is 0 Å². The molecule has 148 valence electrons. The minimum atomic E-state index is -4.43. The van der Waals surface area contributed by atoms with Crippen LogP contribution < -0.4 is 0 Å². The molecular weight excluding hydrogens is 383 g/mol. The van der Waals surface area contributed by atoms with Gasteiger partial charge in [-0.3, -0.25) is 4.68 Å². The third-order valence-electron chi connectivity index (χ3n) is 4.47. The molecule has 6 nitrogen and oxygen atoms in total. The normalized spacial score (nSPS) is 16.6. The molecule has 0 saturated carbocycles. The van der Waals surface area contributed by atoms with Crippen molar-refractivity contribution >= 4 is 10.0 Å². The van der Waals surface area contributed by atoms with Crippen molar-refractivity contribution < 1.29 is 26.3 Å². The Morgan fingerprint density at radius 3 is 2.48 bits per heavy atom. The number of sulfonamides is 1. The molecule has 0 N–H and O–H groups in total. The summed E-state index contributed by atoms with van der Waals surface area (Å²) in [7, 11) is -3.74. The second-order valence-corrected chi connectivity index (χ2v) is 8.25. The molecule has 0 aliphatic carbocycles. The van der Waals surface area contributed by atoms with Gasteiger partial charge in [-0.2, -0.15) is 22.6 Å². The zero-order valence-corrected chi connectivity index (χ0v) is 15.8. The van der Waals surface area contributed by atoms with Crippen molar-refractivity contribution in [2.24, 2.45) is 0 Å². The standard InChI is InChI=1S/C17H20F3N3O3S/c1-12-16(27(24,25)22-6-8-26-9-7-22)13(2)23(21-12)11-14-4-3-5-15(10-14)17(18,19)20/h3-5,10H,6-9,11H2,1-2H3. The molecule has 2 aromatic rings. The molecule has 0 unspecified atom stereocenters. The molecule has 1 aromatic heterocycles. The Morgan fingerprint density at radius 2 is 1.85 bits per heavy atom. The van der Waals surface area contributed by atoms with E-state index in [9.17, 15) is 21.6 Å². The summed E-state index contributed by atoms with van der Waals surface area (Å²) in [6.07, 6.45) is -4.43. The third-order valence-corrected chi connectivity index (χ3v) is 6.62. The van der Waals surface area contributed by atoms with Gasteiger partial charge in [-0.15, -0.1) is 0 Å². The summed E-state index contributed by atoms with van der Waals surface area (Å²) >= 11 is 0. The van der Waals surface area contributed by atoms with E-state index in [0.29, 0.717) is 30.2 Å². The van der Waals surface area contributed by atoms with Crippen molar-refractivity contribution in [2.45, 2.75) is 31.5 Å². The Labute approximate surface area is 155 Å². The second kappa shape index (κ2) is 7.25. The summed E-state index contributed by atoms with van der Waals surface area (Å²) in [5, 5.41) is 4.26. The number of hydrogen-bond acceptors (Lipinski definition) is 4. The SMILES string of the molecule is Cc1nn(Cc2cccc(C(F)(F)F)c2)c(C)c1S(=O)(=O)N1CCOCC1. The fraction of sp³-hybridized carbons (Fsp3) is 0.471. The maximum atomic E-state index is 12.9. The van der Waals surface area contributed by atoms with E-state index in [4.69, 9.17) is 4.74 Å². The molecule has 0 spiro atoms. The molecule has 27 heavy (non-hydrogen) atoms. The highest BCUT2D eigenvalue weighted by atomic mass is 32.2. The summed E-state index contributed by atoms with van der Waals surface area (Å²) in [6, 6.07) is 4.93. The van der Waals surface area contributed by atoms with Crippen LogP contribution >= 0.6 is 0 Å². The van der Waals surface area contributed by atoms with Gasteiger partial charge in [-0.1, -0.05) is 12.1 Å². The number of aromatic nitrogens is 2. The van der Waals surface area contributed by atoms with Crippen LogP contribution in [0.2, 0.25) is 0 Å². The van der Waals surface area contributed by atoms with E-state index in [1.54, 1.807) is 19.9 Å². The average molecular weight is 403 g/mol. The number of aryl methyl sites for hydroxylation is 1. The number of benzene rings is 1. The predicted octanol–water partition coefficient (Wildman–Crippen LogP) is 2.59. The van der Waals surface area contributed by atoms with Crippen molar-refractivity contribution in [3.05, 3.63) is 46.8 Å². The highest BCUT2D eigenvalue weighted by molar-refractivity contribution is 7.89. The van der Waals surface area contributed by atoms with Crippen LogP contribution in [0.1, 0.15) is 22.5 Å². The summed E-state index contributed by atoms with van der Waals surface area (Å²) < 4.78 is 72.6. The largest absolute Gasteiger partial charge is 0.416 e.